The third-order valence-corrected chi connectivity index (χ3v) is 9.97. The maximum absolute atomic E-state index is 13.2. The molecule has 0 bridgehead atoms. The van der Waals surface area contributed by atoms with Crippen molar-refractivity contribution in [1.29, 1.82) is 0 Å². The van der Waals surface area contributed by atoms with Crippen molar-refractivity contribution < 1.29 is 65.7 Å². The van der Waals surface area contributed by atoms with Crippen molar-refractivity contribution in [3.63, 3.8) is 0 Å². The third-order valence-electron chi connectivity index (χ3n) is 9.97. The number of hydrogen-bond acceptors (Lipinski definition) is 3. The molecule has 1 aliphatic heterocycles. The Bertz CT molecular complexity index is 970. The molecule has 1 unspecified atom stereocenters. The van der Waals surface area contributed by atoms with Gasteiger partial charge in [-0.1, -0.05) is 74.5 Å². The normalized spacial score (nSPS) is 17.5. The average Bonchev–Trinajstić information content (AvgIpc) is 2.95. The van der Waals surface area contributed by atoms with Crippen LogP contribution in [-0.4, -0.2) is 33.5 Å². The van der Waals surface area contributed by atoms with Crippen LogP contribution in [0, 0.1) is 39.4 Å². The van der Waals surface area contributed by atoms with E-state index in [1.54, 1.807) is 0 Å². The number of carbonyl (C=O) groups excluding carboxylic acids is 2. The second kappa shape index (κ2) is 16.9. The minimum atomic E-state index is -0.469. The molecular weight excluding hydrogens is 582 g/mol. The second-order valence-electron chi connectivity index (χ2n) is 19.7. The molecule has 0 N–H and O–H groups in total. The van der Waals surface area contributed by atoms with E-state index in [-0.39, 0.29) is 102 Å². The summed E-state index contributed by atoms with van der Waals surface area (Å²) >= 11 is 0. The number of imide groups is 1. The smallest absolute Gasteiger partial charge is 0.373 e. The molecule has 260 valence electrons. The summed E-state index contributed by atoms with van der Waals surface area (Å²) in [4.78, 5) is 27.5. The van der Waals surface area contributed by atoms with E-state index in [2.05, 4.69) is 131 Å². The van der Waals surface area contributed by atoms with Crippen LogP contribution in [0.1, 0.15) is 177 Å². The van der Waals surface area contributed by atoms with Crippen molar-refractivity contribution in [3.05, 3.63) is 24.0 Å². The number of ether oxygens (including phenoxy) is 1. The van der Waals surface area contributed by atoms with Gasteiger partial charge in [-0.05, 0) is 89.4 Å². The second-order valence-corrected chi connectivity index (χ2v) is 19.7. The summed E-state index contributed by atoms with van der Waals surface area (Å²) in [5.41, 5.74) is 1.10. The first-order chi connectivity index (χ1) is 19.2. The van der Waals surface area contributed by atoms with Crippen LogP contribution in [-0.2, 0) is 14.3 Å². The molecule has 0 aliphatic carbocycles. The van der Waals surface area contributed by atoms with Gasteiger partial charge in [0.05, 0.1) is 11.5 Å². The predicted molar refractivity (Wildman–Crippen MR) is 191 cm³/mol. The van der Waals surface area contributed by atoms with Crippen LogP contribution in [0.3, 0.4) is 0 Å². The number of hydrogen-bond donors (Lipinski definition) is 0. The molecule has 4 nitrogen and oxygen atoms in total. The zero-order chi connectivity index (χ0) is 35.5. The summed E-state index contributed by atoms with van der Waals surface area (Å²) in [6.07, 6.45) is 4.66. The van der Waals surface area contributed by atoms with E-state index >= 15 is 0 Å². The van der Waals surface area contributed by atoms with E-state index in [4.69, 9.17) is 4.74 Å². The first-order valence-electron chi connectivity index (χ1n) is 17.0. The van der Waals surface area contributed by atoms with E-state index in [9.17, 15) is 9.59 Å². The molecule has 0 saturated carbocycles. The number of amides is 2. The van der Waals surface area contributed by atoms with Crippen LogP contribution in [0.15, 0.2) is 12.2 Å². The molecule has 2 amide bonds. The molecule has 1 heterocycles. The van der Waals surface area contributed by atoms with Crippen LogP contribution in [0.2, 0.25) is 0 Å². The van der Waals surface area contributed by atoms with Gasteiger partial charge < -0.3 is 16.6 Å². The Balaban J connectivity index is 0. The van der Waals surface area contributed by atoms with Crippen molar-refractivity contribution >= 4 is 11.8 Å². The number of carbonyl (C=O) groups is 2. The summed E-state index contributed by atoms with van der Waals surface area (Å²) in [5, 5.41) is 0. The van der Waals surface area contributed by atoms with E-state index in [0.29, 0.717) is 12.8 Å². The standard InChI is InChI=1S/C29H52NO2.C11H23O.K/c1-20(2)17-29(13,14)30-23(31)16-22(24(30)32)15-21(3)18-26(7,8)28(11,12)19-27(9,10)25(4,5)6;1-9(2)8-11(6,7)12-10(3,4)5;/h22H,3,15-19H2,1-2,4-14H3;8H2,1-7H3;/q2*-1;+1. The Labute approximate surface area is 324 Å². The Hall–Kier alpha value is 0.476. The van der Waals surface area contributed by atoms with E-state index in [0.717, 1.165) is 31.3 Å². The third kappa shape index (κ3) is 15.7. The number of likely N-dealkylation sites (tertiary alicyclic amines) is 1. The molecule has 0 aromatic rings. The number of allylic oxidation sites excluding steroid dienone is 1. The molecule has 0 aromatic heterocycles. The fourth-order valence-electron chi connectivity index (χ4n) is 7.05. The minimum absolute atomic E-state index is 0. The summed E-state index contributed by atoms with van der Waals surface area (Å²) in [7, 11) is 0. The van der Waals surface area contributed by atoms with Crippen molar-refractivity contribution in [2.45, 2.75) is 194 Å². The van der Waals surface area contributed by atoms with Gasteiger partial charge in [-0.3, -0.25) is 14.5 Å². The monoisotopic (exact) mass is 657 g/mol. The van der Waals surface area contributed by atoms with Gasteiger partial charge in [-0.15, -0.1) is 6.42 Å². The predicted octanol–water partition coefficient (Wildman–Crippen LogP) is 8.58. The largest absolute Gasteiger partial charge is 1.00 e. The molecule has 0 radical (unpaired) electrons. The minimum Gasteiger partial charge on any atom is -0.373 e. The van der Waals surface area contributed by atoms with Gasteiger partial charge in [0.2, 0.25) is 11.8 Å². The van der Waals surface area contributed by atoms with Gasteiger partial charge in [0, 0.05) is 17.6 Å². The molecule has 0 spiro atoms. The molecule has 1 aliphatic rings. The van der Waals surface area contributed by atoms with Gasteiger partial charge in [0.25, 0.3) is 0 Å². The Morgan fingerprint density at radius 3 is 1.58 bits per heavy atom. The maximum Gasteiger partial charge on any atom is 1.00 e. The molecule has 1 saturated heterocycles. The molecule has 1 atom stereocenters. The zero-order valence-corrected chi connectivity index (χ0v) is 37.3. The molecule has 0 aromatic carbocycles. The van der Waals surface area contributed by atoms with Crippen LogP contribution < -0.4 is 51.4 Å². The fraction of sp³-hybridized carbons (Fsp3) is 0.850. The maximum atomic E-state index is 13.2. The van der Waals surface area contributed by atoms with Gasteiger partial charge in [-0.2, -0.15) is 34.1 Å². The van der Waals surface area contributed by atoms with Gasteiger partial charge >= 0.3 is 51.4 Å². The summed E-state index contributed by atoms with van der Waals surface area (Å²) in [5.74, 6) is 2.32. The van der Waals surface area contributed by atoms with E-state index < -0.39 is 5.54 Å². The van der Waals surface area contributed by atoms with Gasteiger partial charge in [0.15, 0.2) is 0 Å². The van der Waals surface area contributed by atoms with Crippen molar-refractivity contribution in [1.82, 2.24) is 4.90 Å². The number of rotatable bonds is 13. The summed E-state index contributed by atoms with van der Waals surface area (Å²) in [6.45, 7) is 48.4. The zero-order valence-electron chi connectivity index (χ0n) is 34.2. The topological polar surface area (TPSA) is 46.6 Å². The van der Waals surface area contributed by atoms with Crippen LogP contribution >= 0.6 is 0 Å². The quantitative estimate of drug-likeness (QED) is 0.0864. The van der Waals surface area contributed by atoms with Gasteiger partial charge in [0.1, 0.15) is 0 Å². The molecule has 1 rings (SSSR count). The molecule has 5 heteroatoms. The SMILES string of the molecule is C=C(CC1CC(=O)N(C(C)(C)C[C-](C)C)C1=O)CC(C)(C)C(C)(C)CC(C)(C)C(C)(C)C.C[C-](C)CC(C)(C)OC(C)(C)C.[K+]. The average molecular weight is 657 g/mol. The van der Waals surface area contributed by atoms with Crippen molar-refractivity contribution in [2.24, 2.45) is 27.6 Å². The summed E-state index contributed by atoms with van der Waals surface area (Å²) < 4.78 is 5.92. The molecular formula is C40H75KNO3-. The van der Waals surface area contributed by atoms with E-state index in [1.807, 2.05) is 13.8 Å². The molecule has 1 fully saturated rings. The summed E-state index contributed by atoms with van der Waals surface area (Å²) in [6, 6.07) is 0. The van der Waals surface area contributed by atoms with Crippen LogP contribution in [0.5, 0.6) is 0 Å². The number of nitrogens with zero attached hydrogens (tertiary/aromatic N) is 1. The fourth-order valence-corrected chi connectivity index (χ4v) is 7.05. The molecule has 45 heavy (non-hydrogen) atoms. The van der Waals surface area contributed by atoms with Crippen LogP contribution in [0.4, 0.5) is 0 Å². The first kappa shape index (κ1) is 47.6. The van der Waals surface area contributed by atoms with E-state index in [1.165, 1.54) is 16.7 Å². The Kier molecular flexibility index (Phi) is 17.9. The first-order valence-corrected chi connectivity index (χ1v) is 17.0. The van der Waals surface area contributed by atoms with Gasteiger partial charge in [-0.25, -0.2) is 0 Å². The Morgan fingerprint density at radius 1 is 0.756 bits per heavy atom. The van der Waals surface area contributed by atoms with Crippen molar-refractivity contribution in [2.75, 3.05) is 0 Å². The van der Waals surface area contributed by atoms with Crippen LogP contribution in [0.25, 0.3) is 0 Å². The van der Waals surface area contributed by atoms with Crippen molar-refractivity contribution in [3.8, 4) is 0 Å². The Morgan fingerprint density at radius 2 is 1.20 bits per heavy atom.